The predicted molar refractivity (Wildman–Crippen MR) is 93.1 cm³/mol. The number of nitrogens with zero attached hydrogens (tertiary/aromatic N) is 1. The third-order valence-corrected chi connectivity index (χ3v) is 4.07. The van der Waals surface area contributed by atoms with E-state index in [1.165, 1.54) is 5.56 Å². The van der Waals surface area contributed by atoms with E-state index in [0.717, 1.165) is 22.7 Å². The van der Waals surface area contributed by atoms with Crippen molar-refractivity contribution in [2.24, 2.45) is 0 Å². The quantitative estimate of drug-likeness (QED) is 0.855. The second-order valence-corrected chi connectivity index (χ2v) is 5.84. The van der Waals surface area contributed by atoms with Gasteiger partial charge >= 0.3 is 0 Å². The van der Waals surface area contributed by atoms with Gasteiger partial charge in [-0.05, 0) is 49.2 Å². The average molecular weight is 311 g/mol. The van der Waals surface area contributed by atoms with Crippen LogP contribution in [0.5, 0.6) is 5.75 Å². The molecule has 120 valence electrons. The predicted octanol–water partition coefficient (Wildman–Crippen LogP) is 2.72. The van der Waals surface area contributed by atoms with Gasteiger partial charge in [0, 0.05) is 17.4 Å². The molecular weight excluding hydrogens is 290 g/mol. The molecule has 23 heavy (non-hydrogen) atoms. The molecule has 1 aliphatic rings. The van der Waals surface area contributed by atoms with E-state index < -0.39 is 0 Å². The molecule has 0 aromatic heterocycles. The lowest BCUT2D eigenvalue weighted by atomic mass is 10.1. The smallest absolute Gasteiger partial charge is 0.243 e. The van der Waals surface area contributed by atoms with Crippen molar-refractivity contribution in [3.05, 3.63) is 47.5 Å². The van der Waals surface area contributed by atoms with Gasteiger partial charge < -0.3 is 20.7 Å². The first-order chi connectivity index (χ1) is 11.0. The summed E-state index contributed by atoms with van der Waals surface area (Å²) in [6, 6.07) is 11.4. The Kier molecular flexibility index (Phi) is 4.10. The van der Waals surface area contributed by atoms with Crippen molar-refractivity contribution in [3.8, 4) is 5.75 Å². The molecular formula is C18H21N3O2. The summed E-state index contributed by atoms with van der Waals surface area (Å²) in [4.78, 5) is 14.3. The van der Waals surface area contributed by atoms with Crippen molar-refractivity contribution in [3.63, 3.8) is 0 Å². The highest BCUT2D eigenvalue weighted by atomic mass is 16.5. The number of benzene rings is 2. The van der Waals surface area contributed by atoms with Crippen molar-refractivity contribution in [1.29, 1.82) is 0 Å². The molecule has 0 unspecified atom stereocenters. The number of carbonyl (C=O) groups is 1. The molecule has 5 nitrogen and oxygen atoms in total. The Morgan fingerprint density at radius 3 is 2.83 bits per heavy atom. The number of aryl methyl sites for hydroxylation is 2. The molecule has 0 saturated carbocycles. The standard InChI is InChI=1S/C18H21N3O2/c1-12-3-5-15(9-13(12)2)20-18(22)11-21-7-8-23-17-10-14(19)4-6-16(17)21/h3-6,9-10H,7-8,11,19H2,1-2H3,(H,20,22). The van der Waals surface area contributed by atoms with E-state index in [-0.39, 0.29) is 12.5 Å². The fourth-order valence-electron chi connectivity index (χ4n) is 2.65. The molecule has 1 amide bonds. The average Bonchev–Trinajstić information content (AvgIpc) is 2.51. The van der Waals surface area contributed by atoms with Crippen molar-refractivity contribution >= 4 is 23.0 Å². The van der Waals surface area contributed by atoms with Crippen LogP contribution in [0.2, 0.25) is 0 Å². The molecule has 2 aromatic rings. The van der Waals surface area contributed by atoms with E-state index in [9.17, 15) is 4.79 Å². The molecule has 0 aliphatic carbocycles. The zero-order chi connectivity index (χ0) is 16.4. The molecule has 3 rings (SSSR count). The van der Waals surface area contributed by atoms with E-state index in [0.29, 0.717) is 18.8 Å². The topological polar surface area (TPSA) is 67.6 Å². The molecule has 0 fully saturated rings. The minimum Gasteiger partial charge on any atom is -0.489 e. The number of rotatable bonds is 3. The third kappa shape index (κ3) is 3.39. The van der Waals surface area contributed by atoms with E-state index >= 15 is 0 Å². The maximum absolute atomic E-state index is 12.3. The molecule has 5 heteroatoms. The Hall–Kier alpha value is -2.69. The van der Waals surface area contributed by atoms with Crippen LogP contribution in [0, 0.1) is 13.8 Å². The van der Waals surface area contributed by atoms with Gasteiger partial charge in [0.2, 0.25) is 5.91 Å². The Labute approximate surface area is 136 Å². The van der Waals surface area contributed by atoms with E-state index in [4.69, 9.17) is 10.5 Å². The highest BCUT2D eigenvalue weighted by molar-refractivity contribution is 5.94. The Balaban J connectivity index is 1.70. The normalized spacial score (nSPS) is 13.2. The largest absolute Gasteiger partial charge is 0.489 e. The summed E-state index contributed by atoms with van der Waals surface area (Å²) < 4.78 is 5.61. The number of carbonyl (C=O) groups excluding carboxylic acids is 1. The van der Waals surface area contributed by atoms with Gasteiger partial charge in [-0.25, -0.2) is 0 Å². The number of nitrogen functional groups attached to an aromatic ring is 1. The zero-order valence-corrected chi connectivity index (χ0v) is 13.4. The van der Waals surface area contributed by atoms with E-state index in [2.05, 4.69) is 12.2 Å². The van der Waals surface area contributed by atoms with Crippen molar-refractivity contribution in [2.75, 3.05) is 35.6 Å². The van der Waals surface area contributed by atoms with Crippen LogP contribution in [0.15, 0.2) is 36.4 Å². The lowest BCUT2D eigenvalue weighted by Gasteiger charge is -2.30. The van der Waals surface area contributed by atoms with Crippen LogP contribution in [0.4, 0.5) is 17.1 Å². The molecule has 0 spiro atoms. The Bertz CT molecular complexity index is 743. The van der Waals surface area contributed by atoms with Crippen LogP contribution in [0.25, 0.3) is 0 Å². The summed E-state index contributed by atoms with van der Waals surface area (Å²) in [5, 5.41) is 2.95. The first-order valence-electron chi connectivity index (χ1n) is 7.67. The minimum absolute atomic E-state index is 0.0436. The highest BCUT2D eigenvalue weighted by Crippen LogP contribution is 2.33. The maximum atomic E-state index is 12.3. The number of anilines is 3. The van der Waals surface area contributed by atoms with Crippen molar-refractivity contribution in [1.82, 2.24) is 0 Å². The van der Waals surface area contributed by atoms with Gasteiger partial charge in [0.25, 0.3) is 0 Å². The van der Waals surface area contributed by atoms with Crippen LogP contribution in [0.3, 0.4) is 0 Å². The van der Waals surface area contributed by atoms with Gasteiger partial charge in [-0.2, -0.15) is 0 Å². The Morgan fingerprint density at radius 2 is 2.04 bits per heavy atom. The van der Waals surface area contributed by atoms with E-state index in [1.54, 1.807) is 6.07 Å². The van der Waals surface area contributed by atoms with Crippen LogP contribution in [0.1, 0.15) is 11.1 Å². The second kappa shape index (κ2) is 6.20. The summed E-state index contributed by atoms with van der Waals surface area (Å²) in [6.07, 6.45) is 0. The summed E-state index contributed by atoms with van der Waals surface area (Å²) in [7, 11) is 0. The first-order valence-corrected chi connectivity index (χ1v) is 7.67. The molecule has 0 atom stereocenters. The number of ether oxygens (including phenoxy) is 1. The lowest BCUT2D eigenvalue weighted by Crippen LogP contribution is -2.38. The van der Waals surface area contributed by atoms with Gasteiger partial charge in [0.15, 0.2) is 0 Å². The minimum atomic E-state index is -0.0436. The van der Waals surface area contributed by atoms with Gasteiger partial charge in [-0.1, -0.05) is 6.07 Å². The summed E-state index contributed by atoms with van der Waals surface area (Å²) in [5.74, 6) is 0.688. The van der Waals surface area contributed by atoms with Gasteiger partial charge in [-0.3, -0.25) is 4.79 Å². The number of fused-ring (bicyclic) bond motifs is 1. The summed E-state index contributed by atoms with van der Waals surface area (Å²) in [6.45, 7) is 5.60. The molecule has 0 bridgehead atoms. The lowest BCUT2D eigenvalue weighted by molar-refractivity contribution is -0.115. The zero-order valence-electron chi connectivity index (χ0n) is 13.4. The fourth-order valence-corrected chi connectivity index (χ4v) is 2.65. The van der Waals surface area contributed by atoms with Crippen LogP contribution < -0.4 is 20.7 Å². The Morgan fingerprint density at radius 1 is 1.22 bits per heavy atom. The van der Waals surface area contributed by atoms with Gasteiger partial charge in [0.05, 0.1) is 18.8 Å². The second-order valence-electron chi connectivity index (χ2n) is 5.84. The molecule has 0 saturated heterocycles. The van der Waals surface area contributed by atoms with Crippen LogP contribution >= 0.6 is 0 Å². The van der Waals surface area contributed by atoms with Gasteiger partial charge in [-0.15, -0.1) is 0 Å². The maximum Gasteiger partial charge on any atom is 0.243 e. The van der Waals surface area contributed by atoms with Crippen LogP contribution in [-0.2, 0) is 4.79 Å². The number of hydrogen-bond donors (Lipinski definition) is 2. The number of hydrogen-bond acceptors (Lipinski definition) is 4. The summed E-state index contributed by atoms with van der Waals surface area (Å²) >= 11 is 0. The first kappa shape index (κ1) is 15.2. The molecule has 1 heterocycles. The van der Waals surface area contributed by atoms with Gasteiger partial charge in [0.1, 0.15) is 12.4 Å². The summed E-state index contributed by atoms with van der Waals surface area (Å²) in [5.41, 5.74) is 10.5. The number of amides is 1. The van der Waals surface area contributed by atoms with Crippen molar-refractivity contribution in [2.45, 2.75) is 13.8 Å². The third-order valence-electron chi connectivity index (χ3n) is 4.07. The van der Waals surface area contributed by atoms with Crippen LogP contribution in [-0.4, -0.2) is 25.6 Å². The molecule has 2 aromatic carbocycles. The van der Waals surface area contributed by atoms with Crippen molar-refractivity contribution < 1.29 is 9.53 Å². The fraction of sp³-hybridized carbons (Fsp3) is 0.278. The van der Waals surface area contributed by atoms with E-state index in [1.807, 2.05) is 42.2 Å². The number of nitrogens with two attached hydrogens (primary N) is 1. The molecule has 1 aliphatic heterocycles. The monoisotopic (exact) mass is 311 g/mol. The highest BCUT2D eigenvalue weighted by Gasteiger charge is 2.20. The SMILES string of the molecule is Cc1ccc(NC(=O)CN2CCOc3cc(N)ccc32)cc1C. The molecule has 3 N–H and O–H groups in total. The number of nitrogens with one attached hydrogen (secondary N) is 1. The molecule has 0 radical (unpaired) electrons.